The van der Waals surface area contributed by atoms with Gasteiger partial charge in [0.2, 0.25) is 15.9 Å². The fourth-order valence-electron chi connectivity index (χ4n) is 4.33. The molecule has 0 saturated carbocycles. The van der Waals surface area contributed by atoms with Crippen LogP contribution in [0.3, 0.4) is 0 Å². The van der Waals surface area contributed by atoms with Gasteiger partial charge in [0.15, 0.2) is 0 Å². The van der Waals surface area contributed by atoms with Gasteiger partial charge in [0, 0.05) is 31.7 Å². The molecular weight excluding hydrogens is 416 g/mol. The summed E-state index contributed by atoms with van der Waals surface area (Å²) in [6.07, 6.45) is 6.40. The third kappa shape index (κ3) is 6.51. The van der Waals surface area contributed by atoms with E-state index in [1.165, 1.54) is 10.4 Å². The van der Waals surface area contributed by atoms with Crippen molar-refractivity contribution in [3.63, 3.8) is 0 Å². The van der Waals surface area contributed by atoms with Crippen molar-refractivity contribution >= 4 is 21.8 Å². The van der Waals surface area contributed by atoms with E-state index in [1.807, 2.05) is 0 Å². The molecule has 0 radical (unpaired) electrons. The van der Waals surface area contributed by atoms with Crippen molar-refractivity contribution in [3.8, 4) is 0 Å². The number of likely N-dealkylation sites (tertiary alicyclic amines) is 1. The van der Waals surface area contributed by atoms with Crippen molar-refractivity contribution in [1.82, 2.24) is 14.5 Å². The van der Waals surface area contributed by atoms with Crippen LogP contribution in [0.2, 0.25) is 0 Å². The van der Waals surface area contributed by atoms with Crippen molar-refractivity contribution in [2.75, 3.05) is 39.3 Å². The van der Waals surface area contributed by atoms with Crippen molar-refractivity contribution in [3.05, 3.63) is 29.8 Å². The molecule has 2 heterocycles. The molecule has 3 rings (SSSR count). The first-order chi connectivity index (χ1) is 14.9. The van der Waals surface area contributed by atoms with Gasteiger partial charge in [-0.3, -0.25) is 9.59 Å². The van der Waals surface area contributed by atoms with Gasteiger partial charge in [-0.2, -0.15) is 4.31 Å². The van der Waals surface area contributed by atoms with Gasteiger partial charge in [-0.05, 0) is 63.4 Å². The number of nitrogens with two attached hydrogens (primary N) is 1. The highest BCUT2D eigenvalue weighted by Crippen LogP contribution is 2.21. The summed E-state index contributed by atoms with van der Waals surface area (Å²) >= 11 is 0. The lowest BCUT2D eigenvalue weighted by Gasteiger charge is -2.31. The maximum Gasteiger partial charge on any atom is 0.251 e. The molecule has 1 atom stereocenters. The van der Waals surface area contributed by atoms with Gasteiger partial charge in [0.1, 0.15) is 0 Å². The van der Waals surface area contributed by atoms with Crippen LogP contribution in [0.5, 0.6) is 0 Å². The predicted octanol–water partition coefficient (Wildman–Crippen LogP) is 1.57. The molecular formula is C22H34N4O4S. The number of amides is 2. The number of nitrogens with zero attached hydrogens (tertiary/aromatic N) is 2. The van der Waals surface area contributed by atoms with Crippen molar-refractivity contribution in [1.29, 1.82) is 0 Å². The Hall–Kier alpha value is -1.97. The lowest BCUT2D eigenvalue weighted by molar-refractivity contribution is -0.123. The fourth-order valence-corrected chi connectivity index (χ4v) is 5.89. The first kappa shape index (κ1) is 23.7. The molecule has 1 unspecified atom stereocenters. The monoisotopic (exact) mass is 450 g/mol. The van der Waals surface area contributed by atoms with E-state index in [1.54, 1.807) is 18.2 Å². The Bertz CT molecular complexity index is 866. The molecule has 2 fully saturated rings. The number of nitrogens with one attached hydrogen (secondary N) is 1. The number of hydrogen-bond acceptors (Lipinski definition) is 5. The summed E-state index contributed by atoms with van der Waals surface area (Å²) in [5.74, 6) is -0.605. The summed E-state index contributed by atoms with van der Waals surface area (Å²) < 4.78 is 27.5. The Morgan fingerprint density at radius 1 is 1.06 bits per heavy atom. The summed E-state index contributed by atoms with van der Waals surface area (Å²) in [6, 6.07) is 6.29. The highest BCUT2D eigenvalue weighted by molar-refractivity contribution is 7.89. The Morgan fingerprint density at radius 2 is 1.81 bits per heavy atom. The molecule has 3 N–H and O–H groups in total. The van der Waals surface area contributed by atoms with Crippen LogP contribution < -0.4 is 11.1 Å². The normalized spacial score (nSPS) is 21.4. The van der Waals surface area contributed by atoms with Crippen LogP contribution in [0, 0.1) is 5.92 Å². The van der Waals surface area contributed by atoms with Crippen LogP contribution in [-0.4, -0.2) is 68.7 Å². The average molecular weight is 451 g/mol. The second-order valence-corrected chi connectivity index (χ2v) is 10.4. The number of carbonyl (C=O) groups excluding carboxylic acids is 2. The fraction of sp³-hybridized carbons (Fsp3) is 0.636. The standard InChI is InChI=1S/C22H34N4O4S/c23-21(27)19-9-6-12-25(17-19)13-7-11-24-22(28)18-8-5-10-20(16-18)31(29,30)26-14-3-1-2-4-15-26/h5,8,10,16,19H,1-4,6-7,9,11-15,17H2,(H2,23,27)(H,24,28). The molecule has 0 aromatic heterocycles. The Labute approximate surface area is 185 Å². The lowest BCUT2D eigenvalue weighted by Crippen LogP contribution is -2.42. The van der Waals surface area contributed by atoms with E-state index in [0.717, 1.165) is 58.0 Å². The molecule has 2 aliphatic rings. The molecule has 31 heavy (non-hydrogen) atoms. The molecule has 9 heteroatoms. The van der Waals surface area contributed by atoms with Gasteiger partial charge in [0.05, 0.1) is 10.8 Å². The van der Waals surface area contributed by atoms with Gasteiger partial charge in [-0.15, -0.1) is 0 Å². The molecule has 0 aliphatic carbocycles. The minimum Gasteiger partial charge on any atom is -0.369 e. The van der Waals surface area contributed by atoms with Crippen molar-refractivity contribution in [2.24, 2.45) is 11.7 Å². The summed E-state index contributed by atoms with van der Waals surface area (Å²) in [5, 5.41) is 2.88. The average Bonchev–Trinajstić information content (AvgIpc) is 3.07. The maximum atomic E-state index is 13.0. The summed E-state index contributed by atoms with van der Waals surface area (Å²) in [4.78, 5) is 26.3. The Balaban J connectivity index is 1.51. The van der Waals surface area contributed by atoms with Gasteiger partial charge in [-0.1, -0.05) is 18.9 Å². The maximum absolute atomic E-state index is 13.0. The van der Waals surface area contributed by atoms with E-state index in [2.05, 4.69) is 10.2 Å². The number of piperidine rings is 1. The highest BCUT2D eigenvalue weighted by atomic mass is 32.2. The van der Waals surface area contributed by atoms with Crippen molar-refractivity contribution in [2.45, 2.75) is 49.8 Å². The molecule has 2 aliphatic heterocycles. The van der Waals surface area contributed by atoms with Crippen LogP contribution in [0.4, 0.5) is 0 Å². The van der Waals surface area contributed by atoms with Crippen LogP contribution in [0.15, 0.2) is 29.2 Å². The molecule has 0 spiro atoms. The number of benzene rings is 1. The largest absolute Gasteiger partial charge is 0.369 e. The quantitative estimate of drug-likeness (QED) is 0.584. The van der Waals surface area contributed by atoms with E-state index in [0.29, 0.717) is 31.7 Å². The van der Waals surface area contributed by atoms with Crippen LogP contribution >= 0.6 is 0 Å². The Kier molecular flexibility index (Phi) is 8.45. The van der Waals surface area contributed by atoms with E-state index in [4.69, 9.17) is 5.73 Å². The highest BCUT2D eigenvalue weighted by Gasteiger charge is 2.26. The van der Waals surface area contributed by atoms with E-state index in [-0.39, 0.29) is 22.6 Å². The second kappa shape index (κ2) is 11.1. The zero-order chi connectivity index (χ0) is 22.3. The van der Waals surface area contributed by atoms with Crippen LogP contribution in [0.1, 0.15) is 55.3 Å². The first-order valence-electron chi connectivity index (χ1n) is 11.3. The summed E-state index contributed by atoms with van der Waals surface area (Å²) in [6.45, 7) is 3.96. The van der Waals surface area contributed by atoms with Gasteiger partial charge >= 0.3 is 0 Å². The van der Waals surface area contributed by atoms with Gasteiger partial charge < -0.3 is 16.0 Å². The number of hydrogen-bond donors (Lipinski definition) is 2. The third-order valence-corrected chi connectivity index (χ3v) is 8.04. The minimum atomic E-state index is -3.58. The SMILES string of the molecule is NC(=O)C1CCCN(CCCNC(=O)c2cccc(S(=O)(=O)N3CCCCCC3)c2)C1. The van der Waals surface area contributed by atoms with Gasteiger partial charge in [0.25, 0.3) is 5.91 Å². The van der Waals surface area contributed by atoms with E-state index < -0.39 is 10.0 Å². The van der Waals surface area contributed by atoms with Crippen LogP contribution in [-0.2, 0) is 14.8 Å². The molecule has 2 saturated heterocycles. The topological polar surface area (TPSA) is 113 Å². The van der Waals surface area contributed by atoms with E-state index >= 15 is 0 Å². The molecule has 8 nitrogen and oxygen atoms in total. The zero-order valence-electron chi connectivity index (χ0n) is 18.1. The first-order valence-corrected chi connectivity index (χ1v) is 12.7. The third-order valence-electron chi connectivity index (χ3n) is 6.14. The molecule has 0 bridgehead atoms. The molecule has 2 amide bonds. The molecule has 1 aromatic carbocycles. The molecule has 172 valence electrons. The van der Waals surface area contributed by atoms with Crippen molar-refractivity contribution < 1.29 is 18.0 Å². The predicted molar refractivity (Wildman–Crippen MR) is 119 cm³/mol. The number of primary amides is 1. The number of sulfonamides is 1. The zero-order valence-corrected chi connectivity index (χ0v) is 18.9. The smallest absolute Gasteiger partial charge is 0.251 e. The number of carbonyl (C=O) groups is 2. The number of rotatable bonds is 8. The Morgan fingerprint density at radius 3 is 2.52 bits per heavy atom. The summed E-state index contributed by atoms with van der Waals surface area (Å²) in [7, 11) is -3.58. The van der Waals surface area contributed by atoms with Crippen LogP contribution in [0.25, 0.3) is 0 Å². The molecule has 1 aromatic rings. The second-order valence-electron chi connectivity index (χ2n) is 8.50. The van der Waals surface area contributed by atoms with E-state index in [9.17, 15) is 18.0 Å². The van der Waals surface area contributed by atoms with Gasteiger partial charge in [-0.25, -0.2) is 8.42 Å². The lowest BCUT2D eigenvalue weighted by atomic mass is 9.97. The summed E-state index contributed by atoms with van der Waals surface area (Å²) in [5.41, 5.74) is 5.77. The minimum absolute atomic E-state index is 0.0859.